The summed E-state index contributed by atoms with van der Waals surface area (Å²) < 4.78 is 0. The molecule has 0 bridgehead atoms. The molecule has 0 radical (unpaired) electrons. The molecule has 0 unspecified atom stereocenters. The monoisotopic (exact) mass is 252 g/mol. The Balaban J connectivity index is 0.000000327. The van der Waals surface area contributed by atoms with E-state index in [4.69, 9.17) is 22.9 Å². The number of hydrogen-bond donors (Lipinski definition) is 4. The molecule has 104 valence electrons. The van der Waals surface area contributed by atoms with E-state index in [1.54, 1.807) is 12.1 Å². The Morgan fingerprint density at radius 3 is 1.22 bits per heavy atom. The standard InChI is InChI=1S/C8H20N2.C6H8N2/c9-7-5-3-1-2-4-6-8-10;7-5-3-1-2-4-6(5)8/h1-10H2;1-4H,7-8H2. The topological polar surface area (TPSA) is 104 Å². The highest BCUT2D eigenvalue weighted by atomic mass is 14.7. The lowest BCUT2D eigenvalue weighted by Crippen LogP contribution is -1.99. The van der Waals surface area contributed by atoms with Crippen LogP contribution in [0.1, 0.15) is 38.5 Å². The van der Waals surface area contributed by atoms with Gasteiger partial charge >= 0.3 is 0 Å². The minimum atomic E-state index is 0.646. The Hall–Kier alpha value is -1.26. The van der Waals surface area contributed by atoms with E-state index in [2.05, 4.69) is 0 Å². The van der Waals surface area contributed by atoms with E-state index in [1.807, 2.05) is 12.1 Å². The Bertz CT molecular complexity index is 260. The molecule has 0 spiro atoms. The van der Waals surface area contributed by atoms with E-state index in [0.717, 1.165) is 13.1 Å². The maximum absolute atomic E-state index is 5.39. The van der Waals surface area contributed by atoms with Gasteiger partial charge in [0, 0.05) is 0 Å². The van der Waals surface area contributed by atoms with Crippen molar-refractivity contribution in [3.8, 4) is 0 Å². The van der Waals surface area contributed by atoms with Crippen LogP contribution in [-0.2, 0) is 0 Å². The Labute approximate surface area is 111 Å². The third-order valence-corrected chi connectivity index (χ3v) is 2.65. The van der Waals surface area contributed by atoms with E-state index in [9.17, 15) is 0 Å². The molecule has 0 aromatic heterocycles. The minimum Gasteiger partial charge on any atom is -0.397 e. The summed E-state index contributed by atoms with van der Waals surface area (Å²) >= 11 is 0. The molecule has 0 aliphatic heterocycles. The molecular formula is C14H28N4. The highest BCUT2D eigenvalue weighted by molar-refractivity contribution is 5.62. The van der Waals surface area contributed by atoms with Crippen LogP contribution < -0.4 is 22.9 Å². The van der Waals surface area contributed by atoms with E-state index in [0.29, 0.717) is 11.4 Å². The van der Waals surface area contributed by atoms with Gasteiger partial charge in [0.25, 0.3) is 0 Å². The van der Waals surface area contributed by atoms with Gasteiger partial charge in [-0.25, -0.2) is 0 Å². The van der Waals surface area contributed by atoms with Gasteiger partial charge < -0.3 is 22.9 Å². The maximum atomic E-state index is 5.39. The van der Waals surface area contributed by atoms with Crippen molar-refractivity contribution in [2.24, 2.45) is 11.5 Å². The van der Waals surface area contributed by atoms with Crippen LogP contribution in [0.3, 0.4) is 0 Å². The molecule has 0 saturated heterocycles. The second-order valence-electron chi connectivity index (χ2n) is 4.33. The van der Waals surface area contributed by atoms with Crippen molar-refractivity contribution in [1.82, 2.24) is 0 Å². The van der Waals surface area contributed by atoms with E-state index in [1.165, 1.54) is 38.5 Å². The van der Waals surface area contributed by atoms with Crippen molar-refractivity contribution in [3.63, 3.8) is 0 Å². The fourth-order valence-corrected chi connectivity index (χ4v) is 1.51. The number of benzene rings is 1. The lowest BCUT2D eigenvalue weighted by atomic mass is 10.1. The quantitative estimate of drug-likeness (QED) is 0.440. The van der Waals surface area contributed by atoms with Crippen molar-refractivity contribution in [3.05, 3.63) is 24.3 Å². The summed E-state index contributed by atoms with van der Waals surface area (Å²) in [6.45, 7) is 1.69. The zero-order valence-corrected chi connectivity index (χ0v) is 11.3. The molecule has 0 aliphatic rings. The second-order valence-corrected chi connectivity index (χ2v) is 4.33. The smallest absolute Gasteiger partial charge is 0.0547 e. The SMILES string of the molecule is NCCCCCCCCN.Nc1ccccc1N. The van der Waals surface area contributed by atoms with Crippen molar-refractivity contribution >= 4 is 11.4 Å². The van der Waals surface area contributed by atoms with Gasteiger partial charge in [-0.2, -0.15) is 0 Å². The zero-order chi connectivity index (χ0) is 13.6. The zero-order valence-electron chi connectivity index (χ0n) is 11.3. The number of nitrogens with two attached hydrogens (primary N) is 4. The van der Waals surface area contributed by atoms with Crippen LogP contribution in [0, 0.1) is 0 Å². The fourth-order valence-electron chi connectivity index (χ4n) is 1.51. The Morgan fingerprint density at radius 1 is 0.611 bits per heavy atom. The van der Waals surface area contributed by atoms with Gasteiger partial charge in [0.2, 0.25) is 0 Å². The highest BCUT2D eigenvalue weighted by Crippen LogP contribution is 2.10. The van der Waals surface area contributed by atoms with E-state index >= 15 is 0 Å². The predicted octanol–water partition coefficient (Wildman–Crippen LogP) is 2.10. The summed E-state index contributed by atoms with van der Waals surface area (Å²) in [7, 11) is 0. The van der Waals surface area contributed by atoms with Crippen molar-refractivity contribution in [2.75, 3.05) is 24.6 Å². The number of nitrogen functional groups attached to an aromatic ring is 2. The van der Waals surface area contributed by atoms with Crippen LogP contribution >= 0.6 is 0 Å². The molecule has 4 heteroatoms. The molecule has 18 heavy (non-hydrogen) atoms. The van der Waals surface area contributed by atoms with E-state index < -0.39 is 0 Å². The molecule has 0 atom stereocenters. The third-order valence-electron chi connectivity index (χ3n) is 2.65. The molecule has 0 heterocycles. The minimum absolute atomic E-state index is 0.646. The summed E-state index contributed by atoms with van der Waals surface area (Å²) in [6, 6.07) is 7.25. The molecule has 0 fully saturated rings. The third kappa shape index (κ3) is 9.93. The average Bonchev–Trinajstić information content (AvgIpc) is 2.38. The second kappa shape index (κ2) is 12.2. The first kappa shape index (κ1) is 16.7. The summed E-state index contributed by atoms with van der Waals surface area (Å²) in [5.74, 6) is 0. The van der Waals surface area contributed by atoms with Gasteiger partial charge in [-0.15, -0.1) is 0 Å². The molecule has 1 rings (SSSR count). The fraction of sp³-hybridized carbons (Fsp3) is 0.571. The van der Waals surface area contributed by atoms with Gasteiger partial charge in [-0.1, -0.05) is 37.8 Å². The molecule has 0 aliphatic carbocycles. The van der Waals surface area contributed by atoms with Crippen LogP contribution in [-0.4, -0.2) is 13.1 Å². The maximum Gasteiger partial charge on any atom is 0.0547 e. The Kier molecular flexibility index (Phi) is 11.3. The van der Waals surface area contributed by atoms with Gasteiger partial charge in [-0.05, 0) is 38.1 Å². The summed E-state index contributed by atoms with van der Waals surface area (Å²) in [4.78, 5) is 0. The molecule has 0 amide bonds. The first-order chi connectivity index (χ1) is 8.72. The lowest BCUT2D eigenvalue weighted by Gasteiger charge is -1.97. The van der Waals surface area contributed by atoms with Crippen LogP contribution in [0.5, 0.6) is 0 Å². The van der Waals surface area contributed by atoms with Crippen molar-refractivity contribution < 1.29 is 0 Å². The summed E-state index contributed by atoms with van der Waals surface area (Å²) in [5.41, 5.74) is 22.8. The number of hydrogen-bond acceptors (Lipinski definition) is 4. The van der Waals surface area contributed by atoms with Crippen molar-refractivity contribution in [2.45, 2.75) is 38.5 Å². The number of unbranched alkanes of at least 4 members (excludes halogenated alkanes) is 5. The average molecular weight is 252 g/mol. The van der Waals surface area contributed by atoms with Crippen LogP contribution in [0.15, 0.2) is 24.3 Å². The first-order valence-corrected chi connectivity index (χ1v) is 6.72. The predicted molar refractivity (Wildman–Crippen MR) is 81.1 cm³/mol. The first-order valence-electron chi connectivity index (χ1n) is 6.72. The van der Waals surface area contributed by atoms with Crippen LogP contribution in [0.4, 0.5) is 11.4 Å². The molecule has 4 nitrogen and oxygen atoms in total. The van der Waals surface area contributed by atoms with Gasteiger partial charge in [0.15, 0.2) is 0 Å². The van der Waals surface area contributed by atoms with Gasteiger partial charge in [0.1, 0.15) is 0 Å². The molecule has 1 aromatic rings. The number of para-hydroxylation sites is 2. The normalized spacial score (nSPS) is 9.67. The highest BCUT2D eigenvalue weighted by Gasteiger charge is 1.87. The number of anilines is 2. The largest absolute Gasteiger partial charge is 0.397 e. The van der Waals surface area contributed by atoms with Crippen molar-refractivity contribution in [1.29, 1.82) is 0 Å². The lowest BCUT2D eigenvalue weighted by molar-refractivity contribution is 0.601. The van der Waals surface area contributed by atoms with Gasteiger partial charge in [0.05, 0.1) is 11.4 Å². The summed E-state index contributed by atoms with van der Waals surface area (Å²) in [5, 5.41) is 0. The molecule has 1 aromatic carbocycles. The Morgan fingerprint density at radius 2 is 0.944 bits per heavy atom. The molecular weight excluding hydrogens is 224 g/mol. The summed E-state index contributed by atoms with van der Waals surface area (Å²) in [6.07, 6.45) is 7.61. The van der Waals surface area contributed by atoms with Gasteiger partial charge in [-0.3, -0.25) is 0 Å². The molecule has 0 saturated carbocycles. The number of rotatable bonds is 7. The van der Waals surface area contributed by atoms with Crippen LogP contribution in [0.2, 0.25) is 0 Å². The van der Waals surface area contributed by atoms with Crippen LogP contribution in [0.25, 0.3) is 0 Å². The van der Waals surface area contributed by atoms with E-state index in [-0.39, 0.29) is 0 Å². The molecule has 8 N–H and O–H groups in total.